The smallest absolute Gasteiger partial charge is 0.274 e. The number of aryl methyl sites for hydroxylation is 1. The molecular weight excluding hydrogens is 447 g/mol. The maximum Gasteiger partial charge on any atom is 0.274 e. The number of hydrogen-bond acceptors (Lipinski definition) is 6. The first-order valence-corrected chi connectivity index (χ1v) is 11.4. The lowest BCUT2D eigenvalue weighted by Gasteiger charge is -2.26. The van der Waals surface area contributed by atoms with Crippen molar-refractivity contribution in [3.8, 4) is 22.5 Å². The van der Waals surface area contributed by atoms with Crippen LogP contribution in [0.4, 0.5) is 10.2 Å². The quantitative estimate of drug-likeness (QED) is 0.420. The van der Waals surface area contributed by atoms with Crippen molar-refractivity contribution in [3.63, 3.8) is 0 Å². The van der Waals surface area contributed by atoms with E-state index in [4.69, 9.17) is 5.73 Å². The molecule has 6 rings (SSSR count). The third-order valence-electron chi connectivity index (χ3n) is 6.37. The summed E-state index contributed by atoms with van der Waals surface area (Å²) in [4.78, 5) is 28.7. The Morgan fingerprint density at radius 3 is 2.57 bits per heavy atom. The van der Waals surface area contributed by atoms with Crippen LogP contribution in [0.25, 0.3) is 39.2 Å². The van der Waals surface area contributed by atoms with Gasteiger partial charge in [0.25, 0.3) is 5.91 Å². The second-order valence-electron chi connectivity index (χ2n) is 8.62. The third-order valence-corrected chi connectivity index (χ3v) is 6.37. The molecule has 1 aliphatic rings. The number of halogens is 1. The fraction of sp³-hybridized carbons (Fsp3) is 0.200. The number of anilines is 1. The molecule has 1 saturated heterocycles. The normalized spacial score (nSPS) is 14.2. The van der Waals surface area contributed by atoms with Gasteiger partial charge in [0.05, 0.1) is 28.7 Å². The van der Waals surface area contributed by atoms with E-state index >= 15 is 0 Å². The zero-order valence-corrected chi connectivity index (χ0v) is 19.1. The number of hydrogen-bond donors (Lipinski definition) is 2. The molecule has 0 bridgehead atoms. The molecule has 0 spiro atoms. The maximum atomic E-state index is 13.7. The summed E-state index contributed by atoms with van der Waals surface area (Å²) < 4.78 is 17.4. The minimum absolute atomic E-state index is 0.147. The lowest BCUT2D eigenvalue weighted by Crippen LogP contribution is -2.46. The highest BCUT2D eigenvalue weighted by Gasteiger charge is 2.24. The number of carbonyl (C=O) groups excluding carboxylic acids is 1. The molecule has 3 N–H and O–H groups in total. The van der Waals surface area contributed by atoms with Gasteiger partial charge in [-0.2, -0.15) is 0 Å². The summed E-state index contributed by atoms with van der Waals surface area (Å²) in [6.45, 7) is 2.72. The van der Waals surface area contributed by atoms with Crippen molar-refractivity contribution < 1.29 is 9.18 Å². The summed E-state index contributed by atoms with van der Waals surface area (Å²) in [6.07, 6.45) is 3.47. The summed E-state index contributed by atoms with van der Waals surface area (Å²) in [6, 6.07) is 12.0. The largest absolute Gasteiger partial charge is 0.381 e. The van der Waals surface area contributed by atoms with Gasteiger partial charge < -0.3 is 20.5 Å². The Kier molecular flexibility index (Phi) is 4.96. The molecule has 3 aromatic heterocycles. The van der Waals surface area contributed by atoms with Crippen LogP contribution in [0.5, 0.6) is 0 Å². The molecule has 0 saturated carbocycles. The monoisotopic (exact) mass is 470 g/mol. The Bertz CT molecular complexity index is 1580. The van der Waals surface area contributed by atoms with Gasteiger partial charge in [-0.1, -0.05) is 6.07 Å². The number of aromatic nitrogens is 5. The number of imidazole rings is 2. The molecule has 1 amide bonds. The first-order chi connectivity index (χ1) is 17.0. The summed E-state index contributed by atoms with van der Waals surface area (Å²) >= 11 is 0. The fourth-order valence-electron chi connectivity index (χ4n) is 4.56. The molecule has 9 nitrogen and oxygen atoms in total. The SMILES string of the molecule is Cn1cnc2ccc(-c3c(-c4ccc(F)cc4)nc(N)c4nc(C(=O)N5CCNCC5)cn34)cc21. The molecule has 176 valence electrons. The van der Waals surface area contributed by atoms with E-state index in [9.17, 15) is 9.18 Å². The second kappa shape index (κ2) is 8.17. The molecule has 0 unspecified atom stereocenters. The van der Waals surface area contributed by atoms with Crippen molar-refractivity contribution in [1.29, 1.82) is 0 Å². The van der Waals surface area contributed by atoms with Gasteiger partial charge in [0.15, 0.2) is 11.5 Å². The number of nitrogen functional groups attached to an aromatic ring is 1. The second-order valence-corrected chi connectivity index (χ2v) is 8.62. The van der Waals surface area contributed by atoms with Crippen LogP contribution in [0.15, 0.2) is 55.0 Å². The van der Waals surface area contributed by atoms with Crippen LogP contribution >= 0.6 is 0 Å². The van der Waals surface area contributed by atoms with Gasteiger partial charge in [-0.3, -0.25) is 9.20 Å². The Morgan fingerprint density at radius 1 is 1.06 bits per heavy atom. The van der Waals surface area contributed by atoms with Gasteiger partial charge >= 0.3 is 0 Å². The third kappa shape index (κ3) is 3.58. The number of benzene rings is 2. The molecule has 1 aliphatic heterocycles. The van der Waals surface area contributed by atoms with Crippen LogP contribution in [-0.2, 0) is 7.05 Å². The van der Waals surface area contributed by atoms with Crippen molar-refractivity contribution in [2.24, 2.45) is 7.05 Å². The van der Waals surface area contributed by atoms with Crippen LogP contribution in [0.2, 0.25) is 0 Å². The first kappa shape index (κ1) is 21.2. The van der Waals surface area contributed by atoms with Gasteiger partial charge in [0.2, 0.25) is 0 Å². The molecule has 10 heteroatoms. The van der Waals surface area contributed by atoms with Gasteiger partial charge in [-0.25, -0.2) is 19.3 Å². The van der Waals surface area contributed by atoms with E-state index in [0.717, 1.165) is 29.7 Å². The van der Waals surface area contributed by atoms with Crippen LogP contribution in [-0.4, -0.2) is 60.9 Å². The van der Waals surface area contributed by atoms with Crippen LogP contribution in [0.1, 0.15) is 10.5 Å². The Morgan fingerprint density at radius 2 is 1.80 bits per heavy atom. The molecule has 35 heavy (non-hydrogen) atoms. The van der Waals surface area contributed by atoms with E-state index < -0.39 is 0 Å². The minimum Gasteiger partial charge on any atom is -0.381 e. The van der Waals surface area contributed by atoms with Crippen molar-refractivity contribution >= 4 is 28.4 Å². The van der Waals surface area contributed by atoms with Gasteiger partial charge in [0, 0.05) is 50.6 Å². The Hall–Kier alpha value is -4.31. The zero-order chi connectivity index (χ0) is 24.1. The van der Waals surface area contributed by atoms with Crippen molar-refractivity contribution in [2.75, 3.05) is 31.9 Å². The highest BCUT2D eigenvalue weighted by atomic mass is 19.1. The standard InChI is InChI=1S/C25H23FN8O/c1-32-14-29-18-7-4-16(12-20(18)32)22-21(15-2-5-17(26)6-3-15)31-23(27)24-30-19(13-34(22)24)25(35)33-10-8-28-9-11-33/h2-7,12-14,28H,8-11H2,1H3,(H2,27,31). The number of nitrogens with two attached hydrogens (primary N) is 1. The lowest BCUT2D eigenvalue weighted by atomic mass is 10.0. The fourth-order valence-corrected chi connectivity index (χ4v) is 4.56. The summed E-state index contributed by atoms with van der Waals surface area (Å²) in [7, 11) is 1.93. The predicted molar refractivity (Wildman–Crippen MR) is 131 cm³/mol. The number of amides is 1. The number of fused-ring (bicyclic) bond motifs is 2. The highest BCUT2D eigenvalue weighted by Crippen LogP contribution is 2.35. The molecular formula is C25H23FN8O. The Labute approximate surface area is 200 Å². The molecule has 0 radical (unpaired) electrons. The van der Waals surface area contributed by atoms with Crippen LogP contribution in [0, 0.1) is 5.82 Å². The highest BCUT2D eigenvalue weighted by molar-refractivity contribution is 5.95. The van der Waals surface area contributed by atoms with E-state index in [1.165, 1.54) is 12.1 Å². The first-order valence-electron chi connectivity index (χ1n) is 11.4. The van der Waals surface area contributed by atoms with Crippen LogP contribution in [0.3, 0.4) is 0 Å². The predicted octanol–water partition coefficient (Wildman–Crippen LogP) is 2.72. The van der Waals surface area contributed by atoms with Crippen molar-refractivity contribution in [2.45, 2.75) is 0 Å². The molecule has 5 aromatic rings. The van der Waals surface area contributed by atoms with Gasteiger partial charge in [0.1, 0.15) is 11.5 Å². The zero-order valence-electron chi connectivity index (χ0n) is 19.1. The number of rotatable bonds is 3. The summed E-state index contributed by atoms with van der Waals surface area (Å²) in [5.74, 6) is -0.299. The number of carbonyl (C=O) groups is 1. The molecule has 0 aliphatic carbocycles. The van der Waals surface area contributed by atoms with E-state index in [2.05, 4.69) is 20.3 Å². The number of nitrogens with zero attached hydrogens (tertiary/aromatic N) is 6. The molecule has 4 heterocycles. The Balaban J connectivity index is 1.60. The molecule has 0 atom stereocenters. The lowest BCUT2D eigenvalue weighted by molar-refractivity contribution is 0.0730. The van der Waals surface area contributed by atoms with Gasteiger partial charge in [-0.15, -0.1) is 0 Å². The molecule has 2 aromatic carbocycles. The number of nitrogens with one attached hydrogen (secondary N) is 1. The van der Waals surface area contributed by atoms with E-state index in [1.807, 2.05) is 34.2 Å². The average molecular weight is 471 g/mol. The maximum absolute atomic E-state index is 13.7. The average Bonchev–Trinajstić information content (AvgIpc) is 3.49. The summed E-state index contributed by atoms with van der Waals surface area (Å²) in [5.41, 5.74) is 11.7. The van der Waals surface area contributed by atoms with E-state index in [1.54, 1.807) is 29.6 Å². The number of piperazine rings is 1. The topological polar surface area (TPSA) is 106 Å². The van der Waals surface area contributed by atoms with Crippen LogP contribution < -0.4 is 11.1 Å². The van der Waals surface area contributed by atoms with Gasteiger partial charge in [-0.05, 0) is 36.4 Å². The van der Waals surface area contributed by atoms with E-state index in [0.29, 0.717) is 41.4 Å². The minimum atomic E-state index is -0.341. The van der Waals surface area contributed by atoms with E-state index in [-0.39, 0.29) is 17.5 Å². The van der Waals surface area contributed by atoms with Crippen molar-refractivity contribution in [1.82, 2.24) is 34.1 Å². The molecule has 1 fully saturated rings. The van der Waals surface area contributed by atoms with Crippen molar-refractivity contribution in [3.05, 3.63) is 66.5 Å². The summed E-state index contributed by atoms with van der Waals surface area (Å²) in [5, 5.41) is 3.25.